The van der Waals surface area contributed by atoms with Gasteiger partial charge in [0.2, 0.25) is 5.91 Å². The van der Waals surface area contributed by atoms with Crippen molar-refractivity contribution in [3.8, 4) is 0 Å². The molecule has 0 bridgehead atoms. The molecule has 0 atom stereocenters. The van der Waals surface area contributed by atoms with Gasteiger partial charge in [0.1, 0.15) is 0 Å². The van der Waals surface area contributed by atoms with Crippen molar-refractivity contribution in [1.82, 2.24) is 4.90 Å². The van der Waals surface area contributed by atoms with Crippen molar-refractivity contribution in [3.05, 3.63) is 35.4 Å². The van der Waals surface area contributed by atoms with Gasteiger partial charge in [0.15, 0.2) is 17.4 Å². The number of halogens is 2. The standard InChI is InChI=1S/C13H13F2NO2/c14-11-5-1-3-9(13(11)15)7-12(18)16-6-2-4-10(17)8-16/h1,3,5H,2,4,6-8H2. The first kappa shape index (κ1) is 12.7. The van der Waals surface area contributed by atoms with Gasteiger partial charge in [0, 0.05) is 18.5 Å². The van der Waals surface area contributed by atoms with Crippen molar-refractivity contribution >= 4 is 11.7 Å². The van der Waals surface area contributed by atoms with Gasteiger partial charge >= 0.3 is 0 Å². The normalized spacial score (nSPS) is 15.9. The summed E-state index contributed by atoms with van der Waals surface area (Å²) in [6.45, 7) is 0.581. The van der Waals surface area contributed by atoms with Gasteiger partial charge in [-0.3, -0.25) is 9.59 Å². The Bertz CT molecular complexity index is 488. The summed E-state index contributed by atoms with van der Waals surface area (Å²) < 4.78 is 26.4. The van der Waals surface area contributed by atoms with Gasteiger partial charge in [0.25, 0.3) is 0 Å². The maximum atomic E-state index is 13.4. The number of likely N-dealkylation sites (tertiary alicyclic amines) is 1. The molecule has 0 N–H and O–H groups in total. The van der Waals surface area contributed by atoms with Crippen LogP contribution in [0.25, 0.3) is 0 Å². The van der Waals surface area contributed by atoms with Crippen LogP contribution >= 0.6 is 0 Å². The van der Waals surface area contributed by atoms with E-state index >= 15 is 0 Å². The zero-order valence-corrected chi connectivity index (χ0v) is 9.79. The Hall–Kier alpha value is -1.78. The second-order valence-electron chi connectivity index (χ2n) is 4.35. The molecule has 18 heavy (non-hydrogen) atoms. The number of nitrogens with zero attached hydrogens (tertiary/aromatic N) is 1. The topological polar surface area (TPSA) is 37.4 Å². The number of hydrogen-bond acceptors (Lipinski definition) is 2. The lowest BCUT2D eigenvalue weighted by molar-refractivity contribution is -0.137. The molecule has 3 nitrogen and oxygen atoms in total. The smallest absolute Gasteiger partial charge is 0.227 e. The quantitative estimate of drug-likeness (QED) is 0.804. The van der Waals surface area contributed by atoms with Gasteiger partial charge in [-0.05, 0) is 12.5 Å². The molecule has 1 aliphatic heterocycles. The number of rotatable bonds is 2. The first-order chi connectivity index (χ1) is 8.58. The molecule has 0 unspecified atom stereocenters. The molecule has 0 aliphatic carbocycles. The lowest BCUT2D eigenvalue weighted by Crippen LogP contribution is -2.41. The van der Waals surface area contributed by atoms with Crippen molar-refractivity contribution in [2.45, 2.75) is 19.3 Å². The molecule has 0 radical (unpaired) electrons. The Labute approximate surface area is 103 Å². The average molecular weight is 253 g/mol. The molecule has 0 aromatic heterocycles. The Morgan fingerprint density at radius 1 is 1.33 bits per heavy atom. The van der Waals surface area contributed by atoms with Crippen molar-refractivity contribution in [2.24, 2.45) is 0 Å². The number of carbonyl (C=O) groups excluding carboxylic acids is 2. The number of Topliss-reactive ketones (excluding diaryl/α,β-unsaturated/α-hetero) is 1. The molecule has 1 aliphatic rings. The van der Waals surface area contributed by atoms with Gasteiger partial charge in [-0.15, -0.1) is 0 Å². The predicted octanol–water partition coefficient (Wildman–Crippen LogP) is 1.70. The van der Waals surface area contributed by atoms with Gasteiger partial charge < -0.3 is 4.90 Å². The highest BCUT2D eigenvalue weighted by Gasteiger charge is 2.22. The summed E-state index contributed by atoms with van der Waals surface area (Å²) in [5.74, 6) is -2.29. The predicted molar refractivity (Wildman–Crippen MR) is 60.9 cm³/mol. The van der Waals surface area contributed by atoms with Gasteiger partial charge in [0.05, 0.1) is 13.0 Å². The number of piperidine rings is 1. The van der Waals surface area contributed by atoms with Crippen LogP contribution in [0.5, 0.6) is 0 Å². The zero-order chi connectivity index (χ0) is 13.1. The van der Waals surface area contributed by atoms with E-state index in [4.69, 9.17) is 0 Å². The Balaban J connectivity index is 2.07. The summed E-state index contributed by atoms with van der Waals surface area (Å²) in [6.07, 6.45) is 0.908. The highest BCUT2D eigenvalue weighted by Crippen LogP contribution is 2.14. The number of amides is 1. The minimum absolute atomic E-state index is 0.00862. The number of carbonyl (C=O) groups is 2. The summed E-state index contributed by atoms with van der Waals surface area (Å²) >= 11 is 0. The third kappa shape index (κ3) is 2.72. The second kappa shape index (κ2) is 5.25. The fourth-order valence-corrected chi connectivity index (χ4v) is 2.01. The fraction of sp³-hybridized carbons (Fsp3) is 0.385. The number of benzene rings is 1. The van der Waals surface area contributed by atoms with Gasteiger partial charge in [-0.25, -0.2) is 8.78 Å². The van der Waals surface area contributed by atoms with Crippen molar-refractivity contribution < 1.29 is 18.4 Å². The fourth-order valence-electron chi connectivity index (χ4n) is 2.01. The Morgan fingerprint density at radius 3 is 2.83 bits per heavy atom. The molecule has 1 saturated heterocycles. The molecule has 1 aromatic rings. The summed E-state index contributed by atoms with van der Waals surface area (Å²) in [7, 11) is 0. The van der Waals surface area contributed by atoms with E-state index in [2.05, 4.69) is 0 Å². The summed E-state index contributed by atoms with van der Waals surface area (Å²) in [5.41, 5.74) is 0.0259. The number of hydrogen-bond donors (Lipinski definition) is 0. The van der Waals surface area contributed by atoms with E-state index in [0.717, 1.165) is 6.07 Å². The van der Waals surface area contributed by atoms with E-state index in [9.17, 15) is 18.4 Å². The van der Waals surface area contributed by atoms with E-state index in [1.807, 2.05) is 0 Å². The van der Waals surface area contributed by atoms with Crippen LogP contribution in [0.2, 0.25) is 0 Å². The van der Waals surface area contributed by atoms with Crippen LogP contribution in [-0.2, 0) is 16.0 Å². The molecule has 5 heteroatoms. The Morgan fingerprint density at radius 2 is 2.11 bits per heavy atom. The van der Waals surface area contributed by atoms with Crippen LogP contribution in [0, 0.1) is 11.6 Å². The van der Waals surface area contributed by atoms with Crippen LogP contribution < -0.4 is 0 Å². The molecule has 1 aromatic carbocycles. The van der Waals surface area contributed by atoms with Crippen molar-refractivity contribution in [1.29, 1.82) is 0 Å². The number of ketones is 1. The molecule has 1 amide bonds. The maximum absolute atomic E-state index is 13.4. The minimum Gasteiger partial charge on any atom is -0.335 e. The summed E-state index contributed by atoms with van der Waals surface area (Å²) in [6, 6.07) is 3.75. The lowest BCUT2D eigenvalue weighted by Gasteiger charge is -2.25. The molecule has 96 valence electrons. The molecular weight excluding hydrogens is 240 g/mol. The summed E-state index contributed by atoms with van der Waals surface area (Å²) in [4.78, 5) is 24.5. The molecule has 0 saturated carbocycles. The first-order valence-electron chi connectivity index (χ1n) is 5.80. The zero-order valence-electron chi connectivity index (χ0n) is 9.79. The van der Waals surface area contributed by atoms with Crippen molar-refractivity contribution in [2.75, 3.05) is 13.1 Å². The maximum Gasteiger partial charge on any atom is 0.227 e. The van der Waals surface area contributed by atoms with E-state index < -0.39 is 11.6 Å². The van der Waals surface area contributed by atoms with Gasteiger partial charge in [-0.2, -0.15) is 0 Å². The lowest BCUT2D eigenvalue weighted by atomic mass is 10.1. The van der Waals surface area contributed by atoms with Crippen LogP contribution in [0.4, 0.5) is 8.78 Å². The van der Waals surface area contributed by atoms with Crippen LogP contribution in [0.15, 0.2) is 18.2 Å². The molecular formula is C13H13F2NO2. The highest BCUT2D eigenvalue weighted by molar-refractivity contribution is 5.88. The van der Waals surface area contributed by atoms with Gasteiger partial charge in [-0.1, -0.05) is 12.1 Å². The average Bonchev–Trinajstić information content (AvgIpc) is 2.35. The third-order valence-corrected chi connectivity index (χ3v) is 2.98. The highest BCUT2D eigenvalue weighted by atomic mass is 19.2. The van der Waals surface area contributed by atoms with Crippen LogP contribution in [0.3, 0.4) is 0 Å². The first-order valence-corrected chi connectivity index (χ1v) is 5.80. The van der Waals surface area contributed by atoms with E-state index in [1.54, 1.807) is 0 Å². The molecule has 1 fully saturated rings. The van der Waals surface area contributed by atoms with Crippen LogP contribution in [-0.4, -0.2) is 29.7 Å². The van der Waals surface area contributed by atoms with E-state index in [0.29, 0.717) is 19.4 Å². The SMILES string of the molecule is O=C1CCCN(C(=O)Cc2cccc(F)c2F)C1. The Kier molecular flexibility index (Phi) is 3.69. The molecule has 1 heterocycles. The van der Waals surface area contributed by atoms with E-state index in [1.165, 1.54) is 17.0 Å². The molecule has 2 rings (SSSR count). The second-order valence-corrected chi connectivity index (χ2v) is 4.35. The minimum atomic E-state index is -0.991. The molecule has 0 spiro atoms. The van der Waals surface area contributed by atoms with Crippen molar-refractivity contribution in [3.63, 3.8) is 0 Å². The van der Waals surface area contributed by atoms with Crippen LogP contribution in [0.1, 0.15) is 18.4 Å². The summed E-state index contributed by atoms with van der Waals surface area (Å²) in [5, 5.41) is 0. The van der Waals surface area contributed by atoms with E-state index in [-0.39, 0.29) is 30.2 Å². The monoisotopic (exact) mass is 253 g/mol. The largest absolute Gasteiger partial charge is 0.335 e. The third-order valence-electron chi connectivity index (χ3n) is 2.98.